The molecule has 0 aromatic carbocycles. The molecule has 1 aromatic rings. The van der Waals surface area contributed by atoms with Crippen molar-refractivity contribution in [2.75, 3.05) is 7.11 Å². The quantitative estimate of drug-likeness (QED) is 0.596. The average molecular weight is 213 g/mol. The second-order valence-electron chi connectivity index (χ2n) is 3.38. The lowest BCUT2D eigenvalue weighted by atomic mass is 10.1. The number of nitrogens with zero attached hydrogens (tertiary/aromatic N) is 2. The van der Waals surface area contributed by atoms with E-state index in [9.17, 15) is 14.4 Å². The van der Waals surface area contributed by atoms with Gasteiger partial charge in [0.05, 0.1) is 7.11 Å². The fraction of sp³-hybridized carbons (Fsp3) is 0.625. The number of hydrogen-bond donors (Lipinski definition) is 1. The molecule has 0 spiro atoms. The molecule has 0 fully saturated rings. The molecule has 1 unspecified atom stereocenters. The van der Waals surface area contributed by atoms with Crippen LogP contribution in [0.15, 0.2) is 9.59 Å². The van der Waals surface area contributed by atoms with E-state index in [1.165, 1.54) is 11.8 Å². The highest BCUT2D eigenvalue weighted by Crippen LogP contribution is 2.17. The Bertz CT molecular complexity index is 495. The number of rotatable bonds is 1. The van der Waals surface area contributed by atoms with Crippen LogP contribution in [0.2, 0.25) is 0 Å². The summed E-state index contributed by atoms with van der Waals surface area (Å²) in [6.45, 7) is 0.449. The summed E-state index contributed by atoms with van der Waals surface area (Å²) in [4.78, 5) is 36.2. The maximum absolute atomic E-state index is 11.4. The van der Waals surface area contributed by atoms with Crippen molar-refractivity contribution in [1.82, 2.24) is 14.3 Å². The highest BCUT2D eigenvalue weighted by molar-refractivity contribution is 5.73. The van der Waals surface area contributed by atoms with E-state index in [-0.39, 0.29) is 0 Å². The number of ether oxygens (including phenoxy) is 1. The van der Waals surface area contributed by atoms with Crippen molar-refractivity contribution in [2.24, 2.45) is 0 Å². The van der Waals surface area contributed by atoms with Crippen LogP contribution >= 0.6 is 0 Å². The first-order valence-corrected chi connectivity index (χ1v) is 4.64. The predicted octanol–water partition coefficient (Wildman–Crippen LogP) is -1.15. The van der Waals surface area contributed by atoms with Gasteiger partial charge in [-0.3, -0.25) is 4.98 Å². The molecule has 0 saturated carbocycles. The van der Waals surface area contributed by atoms with Crippen molar-refractivity contribution in [2.45, 2.75) is 25.4 Å². The minimum atomic E-state index is -0.685. The van der Waals surface area contributed by atoms with Gasteiger partial charge in [-0.1, -0.05) is 0 Å². The summed E-state index contributed by atoms with van der Waals surface area (Å²) in [5.74, 6) is -0.496. The molecule has 1 N–H and O–H groups in total. The largest absolute Gasteiger partial charge is 0.467 e. The second kappa shape index (κ2) is 3.41. The summed E-state index contributed by atoms with van der Waals surface area (Å²) >= 11 is 0. The highest BCUT2D eigenvalue weighted by atomic mass is 16.5. The van der Waals surface area contributed by atoms with Gasteiger partial charge in [0.25, 0.3) is 0 Å². The molecule has 1 aromatic heterocycles. The Balaban J connectivity index is 2.55. The normalized spacial score (nSPS) is 19.7. The van der Waals surface area contributed by atoms with Gasteiger partial charge in [0.15, 0.2) is 6.04 Å². The number of fused-ring (bicyclic) bond motifs is 1. The molecule has 0 bridgehead atoms. The van der Waals surface area contributed by atoms with Crippen LogP contribution in [-0.2, 0) is 16.1 Å². The van der Waals surface area contributed by atoms with E-state index in [0.29, 0.717) is 19.4 Å². The zero-order chi connectivity index (χ0) is 11.0. The molecule has 0 radical (unpaired) electrons. The molecule has 7 nitrogen and oxygen atoms in total. The van der Waals surface area contributed by atoms with E-state index in [1.807, 2.05) is 0 Å². The third kappa shape index (κ3) is 1.39. The number of hydrogen-bond acceptors (Lipinski definition) is 4. The summed E-state index contributed by atoms with van der Waals surface area (Å²) in [7, 11) is 1.26. The Hall–Kier alpha value is -1.79. The smallest absolute Gasteiger partial charge is 0.345 e. The number of aromatic nitrogens is 3. The van der Waals surface area contributed by atoms with Crippen molar-refractivity contribution >= 4 is 5.97 Å². The predicted molar refractivity (Wildman–Crippen MR) is 49.6 cm³/mol. The van der Waals surface area contributed by atoms with Crippen LogP contribution in [0.5, 0.6) is 0 Å². The Kier molecular flexibility index (Phi) is 2.22. The number of carbonyl (C=O) groups is 1. The Morgan fingerprint density at radius 2 is 2.20 bits per heavy atom. The van der Waals surface area contributed by atoms with Gasteiger partial charge in [0.1, 0.15) is 0 Å². The zero-order valence-electron chi connectivity index (χ0n) is 8.23. The summed E-state index contributed by atoms with van der Waals surface area (Å²) in [6, 6.07) is -0.685. The van der Waals surface area contributed by atoms with Crippen LogP contribution < -0.4 is 11.4 Å². The van der Waals surface area contributed by atoms with E-state index in [4.69, 9.17) is 0 Å². The van der Waals surface area contributed by atoms with E-state index >= 15 is 0 Å². The topological polar surface area (TPSA) is 86.1 Å². The van der Waals surface area contributed by atoms with Gasteiger partial charge < -0.3 is 4.74 Å². The first-order chi connectivity index (χ1) is 7.15. The molecule has 0 amide bonds. The Labute approximate surface area is 84.3 Å². The SMILES string of the molecule is COC(=O)C1CCCn2c(=O)[nH]c(=O)n21. The standard InChI is InChI=1S/C8H11N3O4/c1-15-6(12)5-3-2-4-10-7(13)9-8(14)11(5)10/h5H,2-4H2,1H3,(H,9,13,14). The molecule has 7 heteroatoms. The molecule has 0 saturated heterocycles. The van der Waals surface area contributed by atoms with Gasteiger partial charge in [0.2, 0.25) is 0 Å². The zero-order valence-corrected chi connectivity index (χ0v) is 8.23. The monoisotopic (exact) mass is 213 g/mol. The van der Waals surface area contributed by atoms with Crippen molar-refractivity contribution in [3.05, 3.63) is 21.0 Å². The molecule has 15 heavy (non-hydrogen) atoms. The lowest BCUT2D eigenvalue weighted by molar-refractivity contribution is -0.146. The number of methoxy groups -OCH3 is 1. The average Bonchev–Trinajstić information content (AvgIpc) is 2.54. The molecule has 1 atom stereocenters. The molecule has 0 aliphatic carbocycles. The fourth-order valence-electron chi connectivity index (χ4n) is 1.85. The van der Waals surface area contributed by atoms with Crippen LogP contribution in [0, 0.1) is 0 Å². The van der Waals surface area contributed by atoms with Crippen molar-refractivity contribution in [1.29, 1.82) is 0 Å². The third-order valence-electron chi connectivity index (χ3n) is 2.53. The number of H-pyrrole nitrogens is 1. The lowest BCUT2D eigenvalue weighted by Crippen LogP contribution is -2.38. The molecular formula is C8H11N3O4. The van der Waals surface area contributed by atoms with Crippen LogP contribution in [0.4, 0.5) is 0 Å². The van der Waals surface area contributed by atoms with Crippen LogP contribution in [-0.4, -0.2) is 27.4 Å². The fourth-order valence-corrected chi connectivity index (χ4v) is 1.85. The minimum Gasteiger partial charge on any atom is -0.467 e. The van der Waals surface area contributed by atoms with Gasteiger partial charge in [-0.2, -0.15) is 0 Å². The van der Waals surface area contributed by atoms with Crippen molar-refractivity contribution in [3.8, 4) is 0 Å². The molecule has 2 heterocycles. The van der Waals surface area contributed by atoms with Crippen LogP contribution in [0.3, 0.4) is 0 Å². The van der Waals surface area contributed by atoms with E-state index in [1.54, 1.807) is 0 Å². The van der Waals surface area contributed by atoms with Gasteiger partial charge in [-0.25, -0.2) is 23.7 Å². The number of esters is 1. The molecule has 82 valence electrons. The minimum absolute atomic E-state index is 0.449. The number of carbonyl (C=O) groups excluding carboxylic acids is 1. The van der Waals surface area contributed by atoms with Crippen LogP contribution in [0.1, 0.15) is 18.9 Å². The van der Waals surface area contributed by atoms with Crippen molar-refractivity contribution in [3.63, 3.8) is 0 Å². The van der Waals surface area contributed by atoms with E-state index < -0.39 is 23.4 Å². The van der Waals surface area contributed by atoms with Gasteiger partial charge in [0, 0.05) is 6.54 Å². The lowest BCUT2D eigenvalue weighted by Gasteiger charge is -2.22. The maximum atomic E-state index is 11.4. The maximum Gasteiger partial charge on any atom is 0.345 e. The highest BCUT2D eigenvalue weighted by Gasteiger charge is 2.29. The molecule has 2 rings (SSSR count). The van der Waals surface area contributed by atoms with Crippen LogP contribution in [0.25, 0.3) is 0 Å². The van der Waals surface area contributed by atoms with Crippen molar-refractivity contribution < 1.29 is 9.53 Å². The first-order valence-electron chi connectivity index (χ1n) is 4.64. The van der Waals surface area contributed by atoms with E-state index in [0.717, 1.165) is 4.68 Å². The first kappa shape index (κ1) is 9.75. The molecule has 1 aliphatic heterocycles. The molecule has 1 aliphatic rings. The van der Waals surface area contributed by atoms with E-state index in [2.05, 4.69) is 9.72 Å². The Morgan fingerprint density at radius 1 is 1.47 bits per heavy atom. The summed E-state index contributed by atoms with van der Waals surface area (Å²) in [5.41, 5.74) is -1.04. The summed E-state index contributed by atoms with van der Waals surface area (Å²) in [5, 5.41) is 0. The molecular weight excluding hydrogens is 202 g/mol. The summed E-state index contributed by atoms with van der Waals surface area (Å²) in [6.07, 6.45) is 1.20. The van der Waals surface area contributed by atoms with Gasteiger partial charge in [-0.15, -0.1) is 0 Å². The summed E-state index contributed by atoms with van der Waals surface area (Å²) < 4.78 is 6.96. The second-order valence-corrected chi connectivity index (χ2v) is 3.38. The Morgan fingerprint density at radius 3 is 2.87 bits per heavy atom. The van der Waals surface area contributed by atoms with Gasteiger partial charge in [-0.05, 0) is 12.8 Å². The number of nitrogens with one attached hydrogen (secondary N) is 1. The third-order valence-corrected chi connectivity index (χ3v) is 2.53. The number of aromatic amines is 1. The van der Waals surface area contributed by atoms with Gasteiger partial charge >= 0.3 is 17.3 Å².